The summed E-state index contributed by atoms with van der Waals surface area (Å²) in [5.41, 5.74) is 6.36. The van der Waals surface area contributed by atoms with E-state index in [0.29, 0.717) is 0 Å². The Morgan fingerprint density at radius 1 is 1.23 bits per heavy atom. The van der Waals surface area contributed by atoms with Crippen molar-refractivity contribution < 1.29 is 32.7 Å². The number of anilines is 1. The predicted molar refractivity (Wildman–Crippen MR) is 51.4 cm³/mol. The molecule has 0 spiro atoms. The van der Waals surface area contributed by atoms with Crippen molar-refractivity contribution >= 4 is 16.5 Å². The van der Waals surface area contributed by atoms with E-state index in [2.05, 4.69) is 11.2 Å². The van der Waals surface area contributed by atoms with Gasteiger partial charge in [-0.2, -0.15) is 0 Å². The fraction of sp³-hybridized carbons (Fsp3) is 0. The molecule has 2 rings (SSSR count). The Labute approximate surface area is 103 Å². The van der Waals surface area contributed by atoms with Gasteiger partial charge in [0.2, 0.25) is 0 Å². The molecule has 2 aromatic rings. The van der Waals surface area contributed by atoms with E-state index in [0.717, 1.165) is 16.5 Å². The zero-order chi connectivity index (χ0) is 7.68. The smallest absolute Gasteiger partial charge is 0.0133 e. The SMILES string of the molecule is Nc1ccc2[c-]nccc2c1.[CH3-].[Y]. The molecule has 0 aliphatic heterocycles. The standard InChI is InChI=1S/C9H7N2.CH3.Y/c10-9-2-1-8-6-11-4-3-7(8)5-9;;/h1-5H,10H2;1H3;/q2*-1;. The monoisotopic (exact) mass is 247 g/mol. The molecule has 0 aliphatic rings. The summed E-state index contributed by atoms with van der Waals surface area (Å²) in [5.74, 6) is 0. The number of hydrogen-bond donors (Lipinski definition) is 1. The van der Waals surface area contributed by atoms with Gasteiger partial charge in [0.15, 0.2) is 0 Å². The zero-order valence-corrected chi connectivity index (χ0v) is 10.3. The van der Waals surface area contributed by atoms with Crippen LogP contribution in [0.25, 0.3) is 10.8 Å². The van der Waals surface area contributed by atoms with Crippen LogP contribution in [0.1, 0.15) is 0 Å². The van der Waals surface area contributed by atoms with Crippen molar-refractivity contribution in [2.75, 3.05) is 5.73 Å². The Balaban J connectivity index is 0.000000720. The third kappa shape index (κ3) is 2.75. The van der Waals surface area contributed by atoms with Gasteiger partial charge in [-0.05, 0) is 6.20 Å². The molecular formula is C10H10N2Y-2. The largest absolute Gasteiger partial charge is 0.400 e. The molecule has 1 radical (unpaired) electrons. The van der Waals surface area contributed by atoms with Gasteiger partial charge in [-0.1, -0.05) is 18.3 Å². The summed E-state index contributed by atoms with van der Waals surface area (Å²) in [4.78, 5) is 3.88. The minimum Gasteiger partial charge on any atom is -0.400 e. The van der Waals surface area contributed by atoms with E-state index in [4.69, 9.17) is 5.73 Å². The van der Waals surface area contributed by atoms with E-state index in [1.54, 1.807) is 6.20 Å². The van der Waals surface area contributed by atoms with Crippen molar-refractivity contribution in [3.63, 3.8) is 0 Å². The van der Waals surface area contributed by atoms with Crippen molar-refractivity contribution in [1.82, 2.24) is 4.98 Å². The molecule has 0 fully saturated rings. The summed E-state index contributed by atoms with van der Waals surface area (Å²) in [6.45, 7) is 0. The van der Waals surface area contributed by atoms with Crippen LogP contribution in [0.5, 0.6) is 0 Å². The average molecular weight is 247 g/mol. The number of nitrogen functional groups attached to an aromatic ring is 1. The normalized spacial score (nSPS) is 8.62. The minimum absolute atomic E-state index is 0. The number of nitrogens with two attached hydrogens (primary N) is 1. The van der Waals surface area contributed by atoms with Gasteiger partial charge in [-0.3, -0.25) is 0 Å². The molecule has 0 bridgehead atoms. The summed E-state index contributed by atoms with van der Waals surface area (Å²) >= 11 is 0. The Morgan fingerprint density at radius 2 is 2.00 bits per heavy atom. The first kappa shape index (κ1) is 12.5. The van der Waals surface area contributed by atoms with Crippen molar-refractivity contribution in [1.29, 1.82) is 0 Å². The molecule has 2 nitrogen and oxygen atoms in total. The molecule has 1 heterocycles. The molecule has 0 saturated heterocycles. The maximum atomic E-state index is 5.59. The molecule has 13 heavy (non-hydrogen) atoms. The quantitative estimate of drug-likeness (QED) is 0.571. The zero-order valence-electron chi connectivity index (χ0n) is 7.49. The van der Waals surface area contributed by atoms with E-state index >= 15 is 0 Å². The maximum Gasteiger partial charge on any atom is 0.0133 e. The summed E-state index contributed by atoms with van der Waals surface area (Å²) in [6, 6.07) is 7.59. The van der Waals surface area contributed by atoms with Crippen molar-refractivity contribution in [3.8, 4) is 0 Å². The van der Waals surface area contributed by atoms with Gasteiger partial charge in [0.05, 0.1) is 0 Å². The van der Waals surface area contributed by atoms with Gasteiger partial charge < -0.3 is 18.1 Å². The number of rotatable bonds is 0. The van der Waals surface area contributed by atoms with E-state index in [9.17, 15) is 0 Å². The second kappa shape index (κ2) is 5.30. The summed E-state index contributed by atoms with van der Waals surface area (Å²) in [6.07, 6.45) is 4.58. The molecule has 0 atom stereocenters. The minimum atomic E-state index is 0. The molecular weight excluding hydrogens is 237 g/mol. The summed E-state index contributed by atoms with van der Waals surface area (Å²) in [5, 5.41) is 2.08. The molecule has 65 valence electrons. The van der Waals surface area contributed by atoms with Crippen molar-refractivity contribution in [3.05, 3.63) is 44.1 Å². The second-order valence-corrected chi connectivity index (χ2v) is 2.40. The Bertz CT molecular complexity index is 387. The molecule has 2 N–H and O–H groups in total. The Kier molecular flexibility index (Phi) is 5.11. The predicted octanol–water partition coefficient (Wildman–Crippen LogP) is 2.06. The van der Waals surface area contributed by atoms with E-state index in [-0.39, 0.29) is 40.1 Å². The first-order valence-corrected chi connectivity index (χ1v) is 3.38. The number of aromatic nitrogens is 1. The maximum absolute atomic E-state index is 5.59. The van der Waals surface area contributed by atoms with Crippen LogP contribution in [0.2, 0.25) is 0 Å². The molecule has 1 aromatic carbocycles. The number of hydrogen-bond acceptors (Lipinski definition) is 2. The van der Waals surface area contributed by atoms with Crippen LogP contribution in [0.4, 0.5) is 5.69 Å². The van der Waals surface area contributed by atoms with Gasteiger partial charge in [-0.25, -0.2) is 0 Å². The molecule has 1 aromatic heterocycles. The van der Waals surface area contributed by atoms with Gasteiger partial charge in [0, 0.05) is 38.4 Å². The fourth-order valence-electron chi connectivity index (χ4n) is 1.05. The molecule has 0 saturated carbocycles. The third-order valence-corrected chi connectivity index (χ3v) is 1.59. The second-order valence-electron chi connectivity index (χ2n) is 2.40. The summed E-state index contributed by atoms with van der Waals surface area (Å²) < 4.78 is 0. The van der Waals surface area contributed by atoms with Crippen LogP contribution < -0.4 is 5.73 Å². The van der Waals surface area contributed by atoms with Gasteiger partial charge in [0.25, 0.3) is 0 Å². The van der Waals surface area contributed by atoms with E-state index < -0.39 is 0 Å². The number of fused-ring (bicyclic) bond motifs is 1. The van der Waals surface area contributed by atoms with Gasteiger partial charge in [-0.15, -0.1) is 22.9 Å². The van der Waals surface area contributed by atoms with Crippen LogP contribution in [0.15, 0.2) is 30.5 Å². The first-order chi connectivity index (χ1) is 5.36. The summed E-state index contributed by atoms with van der Waals surface area (Å²) in [7, 11) is 0. The van der Waals surface area contributed by atoms with E-state index in [1.807, 2.05) is 24.3 Å². The molecule has 0 unspecified atom stereocenters. The van der Waals surface area contributed by atoms with Crippen LogP contribution in [0.3, 0.4) is 0 Å². The van der Waals surface area contributed by atoms with Crippen LogP contribution in [0, 0.1) is 13.6 Å². The molecule has 0 amide bonds. The molecule has 3 heteroatoms. The first-order valence-electron chi connectivity index (χ1n) is 3.38. The van der Waals surface area contributed by atoms with Crippen LogP contribution in [-0.4, -0.2) is 4.98 Å². The number of pyridine rings is 1. The fourth-order valence-corrected chi connectivity index (χ4v) is 1.05. The average Bonchev–Trinajstić information content (AvgIpc) is 2.04. The molecule has 0 aliphatic carbocycles. The Morgan fingerprint density at radius 3 is 2.77 bits per heavy atom. The van der Waals surface area contributed by atoms with Crippen molar-refractivity contribution in [2.45, 2.75) is 0 Å². The van der Waals surface area contributed by atoms with E-state index in [1.165, 1.54) is 0 Å². The third-order valence-electron chi connectivity index (χ3n) is 1.59. The van der Waals surface area contributed by atoms with Crippen molar-refractivity contribution in [2.24, 2.45) is 0 Å². The number of benzene rings is 1. The Hall–Kier alpha value is -0.466. The van der Waals surface area contributed by atoms with Crippen LogP contribution in [-0.2, 0) is 32.7 Å². The van der Waals surface area contributed by atoms with Gasteiger partial charge >= 0.3 is 0 Å². The topological polar surface area (TPSA) is 38.9 Å². The van der Waals surface area contributed by atoms with Crippen LogP contribution >= 0.6 is 0 Å². The van der Waals surface area contributed by atoms with Gasteiger partial charge in [0.1, 0.15) is 0 Å². The number of nitrogens with zero attached hydrogens (tertiary/aromatic N) is 1.